The second-order valence-corrected chi connectivity index (χ2v) is 4.62. The Morgan fingerprint density at radius 3 is 2.93 bits per heavy atom. The van der Waals surface area contributed by atoms with Crippen LogP contribution in [0.3, 0.4) is 0 Å². The van der Waals surface area contributed by atoms with Crippen molar-refractivity contribution in [2.24, 2.45) is 11.1 Å². The minimum absolute atomic E-state index is 0.240. The molecule has 0 radical (unpaired) electrons. The first-order valence-electron chi connectivity index (χ1n) is 5.37. The number of rotatable bonds is 1. The molecular formula is C12H14FNO. The Labute approximate surface area is 88.2 Å². The van der Waals surface area contributed by atoms with Crippen LogP contribution >= 0.6 is 0 Å². The maximum atomic E-state index is 13.0. The van der Waals surface area contributed by atoms with E-state index in [0.29, 0.717) is 24.8 Å². The van der Waals surface area contributed by atoms with E-state index in [4.69, 9.17) is 10.5 Å². The molecule has 0 saturated heterocycles. The Bertz CT molecular complexity index is 401. The SMILES string of the molecule is NCC1c2ccc(F)cc2OCC12CC2. The van der Waals surface area contributed by atoms with Crippen LogP contribution in [-0.4, -0.2) is 13.2 Å². The lowest BCUT2D eigenvalue weighted by molar-refractivity contribution is 0.177. The van der Waals surface area contributed by atoms with Crippen molar-refractivity contribution < 1.29 is 9.13 Å². The van der Waals surface area contributed by atoms with E-state index in [1.807, 2.05) is 6.07 Å². The van der Waals surface area contributed by atoms with Gasteiger partial charge in [0, 0.05) is 17.4 Å². The summed E-state index contributed by atoms with van der Waals surface area (Å²) in [5, 5.41) is 0. The van der Waals surface area contributed by atoms with Gasteiger partial charge < -0.3 is 10.5 Å². The Morgan fingerprint density at radius 2 is 2.27 bits per heavy atom. The average molecular weight is 207 g/mol. The summed E-state index contributed by atoms with van der Waals surface area (Å²) in [6.07, 6.45) is 2.37. The number of hydrogen-bond donors (Lipinski definition) is 1. The zero-order valence-electron chi connectivity index (χ0n) is 8.50. The van der Waals surface area contributed by atoms with Crippen LogP contribution in [0.5, 0.6) is 5.75 Å². The summed E-state index contributed by atoms with van der Waals surface area (Å²) in [6, 6.07) is 4.78. The Kier molecular flexibility index (Phi) is 1.80. The summed E-state index contributed by atoms with van der Waals surface area (Å²) in [5.41, 5.74) is 7.17. The molecule has 0 amide bonds. The molecule has 80 valence electrons. The van der Waals surface area contributed by atoms with Crippen LogP contribution in [0.25, 0.3) is 0 Å². The molecule has 1 atom stereocenters. The second-order valence-electron chi connectivity index (χ2n) is 4.62. The van der Waals surface area contributed by atoms with Gasteiger partial charge in [-0.1, -0.05) is 6.07 Å². The van der Waals surface area contributed by atoms with Gasteiger partial charge in [-0.3, -0.25) is 0 Å². The molecule has 2 nitrogen and oxygen atoms in total. The predicted octanol–water partition coefficient (Wildman–Crippen LogP) is 2.04. The second kappa shape index (κ2) is 2.95. The van der Waals surface area contributed by atoms with Crippen LogP contribution in [-0.2, 0) is 0 Å². The van der Waals surface area contributed by atoms with Crippen LogP contribution in [0.4, 0.5) is 4.39 Å². The fourth-order valence-corrected chi connectivity index (χ4v) is 2.60. The van der Waals surface area contributed by atoms with Crippen molar-refractivity contribution in [3.05, 3.63) is 29.6 Å². The van der Waals surface area contributed by atoms with Gasteiger partial charge in [-0.25, -0.2) is 4.39 Å². The molecule has 2 aliphatic rings. The largest absolute Gasteiger partial charge is 0.493 e. The quantitative estimate of drug-likeness (QED) is 0.764. The minimum Gasteiger partial charge on any atom is -0.493 e. The molecular weight excluding hydrogens is 193 g/mol. The number of halogens is 1. The third-order valence-electron chi connectivity index (χ3n) is 3.73. The molecule has 1 aromatic rings. The van der Waals surface area contributed by atoms with Gasteiger partial charge in [-0.2, -0.15) is 0 Å². The van der Waals surface area contributed by atoms with Crippen LogP contribution in [0, 0.1) is 11.2 Å². The smallest absolute Gasteiger partial charge is 0.126 e. The maximum Gasteiger partial charge on any atom is 0.126 e. The lowest BCUT2D eigenvalue weighted by Gasteiger charge is -2.33. The first kappa shape index (κ1) is 9.16. The molecule has 0 bridgehead atoms. The molecule has 1 aromatic carbocycles. The van der Waals surface area contributed by atoms with Crippen molar-refractivity contribution in [2.45, 2.75) is 18.8 Å². The lowest BCUT2D eigenvalue weighted by Crippen LogP contribution is -2.32. The third kappa shape index (κ3) is 1.26. The van der Waals surface area contributed by atoms with E-state index in [0.717, 1.165) is 5.56 Å². The van der Waals surface area contributed by atoms with Gasteiger partial charge in [0.1, 0.15) is 11.6 Å². The summed E-state index contributed by atoms with van der Waals surface area (Å²) in [6.45, 7) is 1.33. The topological polar surface area (TPSA) is 35.2 Å². The monoisotopic (exact) mass is 207 g/mol. The van der Waals surface area contributed by atoms with Gasteiger partial charge >= 0.3 is 0 Å². The van der Waals surface area contributed by atoms with E-state index in [1.165, 1.54) is 25.0 Å². The molecule has 1 aliphatic heterocycles. The normalized spacial score (nSPS) is 25.9. The van der Waals surface area contributed by atoms with Crippen LogP contribution in [0.1, 0.15) is 24.3 Å². The molecule has 3 rings (SSSR count). The van der Waals surface area contributed by atoms with Crippen molar-refractivity contribution in [1.82, 2.24) is 0 Å². The Morgan fingerprint density at radius 1 is 1.47 bits per heavy atom. The van der Waals surface area contributed by atoms with Crippen molar-refractivity contribution in [3.8, 4) is 5.75 Å². The highest BCUT2D eigenvalue weighted by Gasteiger charge is 2.52. The highest BCUT2D eigenvalue weighted by Crippen LogP contribution is 2.59. The van der Waals surface area contributed by atoms with Gasteiger partial charge in [-0.15, -0.1) is 0 Å². The molecule has 1 spiro atoms. The van der Waals surface area contributed by atoms with E-state index in [1.54, 1.807) is 0 Å². The van der Waals surface area contributed by atoms with Crippen molar-refractivity contribution in [2.75, 3.05) is 13.2 Å². The molecule has 1 unspecified atom stereocenters. The summed E-state index contributed by atoms with van der Waals surface area (Å²) in [5.74, 6) is 0.793. The first-order chi connectivity index (χ1) is 7.25. The average Bonchev–Trinajstić information content (AvgIpc) is 2.99. The summed E-state index contributed by atoms with van der Waals surface area (Å²) in [4.78, 5) is 0. The minimum atomic E-state index is -0.240. The number of fused-ring (bicyclic) bond motifs is 1. The molecule has 1 heterocycles. The number of nitrogens with two attached hydrogens (primary N) is 1. The maximum absolute atomic E-state index is 13.0. The highest BCUT2D eigenvalue weighted by atomic mass is 19.1. The molecule has 1 saturated carbocycles. The van der Waals surface area contributed by atoms with E-state index in [2.05, 4.69) is 0 Å². The van der Waals surface area contributed by atoms with Crippen molar-refractivity contribution in [3.63, 3.8) is 0 Å². The molecule has 3 heteroatoms. The van der Waals surface area contributed by atoms with Crippen LogP contribution in [0.2, 0.25) is 0 Å². The van der Waals surface area contributed by atoms with Crippen LogP contribution < -0.4 is 10.5 Å². The lowest BCUT2D eigenvalue weighted by atomic mass is 9.81. The molecule has 1 fully saturated rings. The zero-order chi connectivity index (χ0) is 10.5. The number of ether oxygens (including phenoxy) is 1. The van der Waals surface area contributed by atoms with E-state index >= 15 is 0 Å². The molecule has 0 aromatic heterocycles. The van der Waals surface area contributed by atoms with Crippen molar-refractivity contribution in [1.29, 1.82) is 0 Å². The van der Waals surface area contributed by atoms with Gasteiger partial charge in [0.15, 0.2) is 0 Å². The standard InChI is InChI=1S/C12H14FNO/c13-8-1-2-9-10(6-14)12(3-4-12)7-15-11(9)5-8/h1-2,5,10H,3-4,6-7,14H2. The highest BCUT2D eigenvalue weighted by molar-refractivity contribution is 5.41. The number of hydrogen-bond acceptors (Lipinski definition) is 2. The molecule has 2 N–H and O–H groups in total. The predicted molar refractivity (Wildman–Crippen MR) is 55.4 cm³/mol. The third-order valence-corrected chi connectivity index (χ3v) is 3.73. The van der Waals surface area contributed by atoms with Crippen LogP contribution in [0.15, 0.2) is 18.2 Å². The zero-order valence-corrected chi connectivity index (χ0v) is 8.50. The first-order valence-corrected chi connectivity index (χ1v) is 5.37. The number of benzene rings is 1. The molecule has 15 heavy (non-hydrogen) atoms. The van der Waals surface area contributed by atoms with E-state index in [9.17, 15) is 4.39 Å². The van der Waals surface area contributed by atoms with Gasteiger partial charge in [0.2, 0.25) is 0 Å². The summed E-state index contributed by atoms with van der Waals surface area (Å²) in [7, 11) is 0. The molecule has 1 aliphatic carbocycles. The van der Waals surface area contributed by atoms with E-state index in [-0.39, 0.29) is 11.2 Å². The van der Waals surface area contributed by atoms with Crippen molar-refractivity contribution >= 4 is 0 Å². The van der Waals surface area contributed by atoms with Gasteiger partial charge in [-0.05, 0) is 31.0 Å². The Hall–Kier alpha value is -1.09. The summed E-state index contributed by atoms with van der Waals surface area (Å²) >= 11 is 0. The van der Waals surface area contributed by atoms with E-state index < -0.39 is 0 Å². The van der Waals surface area contributed by atoms with Gasteiger partial charge in [0.05, 0.1) is 6.61 Å². The summed E-state index contributed by atoms with van der Waals surface area (Å²) < 4.78 is 18.6. The fraction of sp³-hybridized carbons (Fsp3) is 0.500. The van der Waals surface area contributed by atoms with Gasteiger partial charge in [0.25, 0.3) is 0 Å². The fourth-order valence-electron chi connectivity index (χ4n) is 2.60. The Balaban J connectivity index is 2.06.